The maximum atomic E-state index is 11.7. The Morgan fingerprint density at radius 3 is 2.67 bits per heavy atom. The van der Waals surface area contributed by atoms with Crippen molar-refractivity contribution in [1.82, 2.24) is 5.32 Å². The van der Waals surface area contributed by atoms with E-state index in [0.29, 0.717) is 6.42 Å². The molecule has 0 aliphatic rings. The van der Waals surface area contributed by atoms with Crippen molar-refractivity contribution in [3.05, 3.63) is 29.8 Å². The molecule has 0 aromatic heterocycles. The number of nitrogens with two attached hydrogens (primary N) is 1. The van der Waals surface area contributed by atoms with Gasteiger partial charge in [-0.05, 0) is 37.5 Å². The number of rotatable bonds is 6. The molecule has 96 valence electrons. The number of hydrogen-bond donors (Lipinski definition) is 2. The van der Waals surface area contributed by atoms with Crippen molar-refractivity contribution in [2.24, 2.45) is 0 Å². The summed E-state index contributed by atoms with van der Waals surface area (Å²) in [6.07, 6.45) is 8.16. The van der Waals surface area contributed by atoms with Crippen molar-refractivity contribution >= 4 is 11.6 Å². The fourth-order valence-electron chi connectivity index (χ4n) is 1.69. The van der Waals surface area contributed by atoms with Crippen molar-refractivity contribution in [3.63, 3.8) is 0 Å². The van der Waals surface area contributed by atoms with Gasteiger partial charge in [0.05, 0.1) is 6.04 Å². The van der Waals surface area contributed by atoms with Gasteiger partial charge in [-0.15, -0.1) is 12.3 Å². The summed E-state index contributed by atoms with van der Waals surface area (Å²) in [5.41, 5.74) is 7.40. The van der Waals surface area contributed by atoms with Gasteiger partial charge in [0, 0.05) is 18.5 Å². The molecule has 0 fully saturated rings. The number of hydrogen-bond acceptors (Lipinski definition) is 2. The molecule has 1 atom stereocenters. The molecule has 3 heteroatoms. The van der Waals surface area contributed by atoms with Crippen LogP contribution in [0.5, 0.6) is 0 Å². The van der Waals surface area contributed by atoms with Crippen LogP contribution in [-0.2, 0) is 4.79 Å². The maximum Gasteiger partial charge on any atom is 0.220 e. The van der Waals surface area contributed by atoms with Crippen LogP contribution in [0.1, 0.15) is 44.2 Å². The Bertz CT molecular complexity index is 417. The Morgan fingerprint density at radius 2 is 2.06 bits per heavy atom. The van der Waals surface area contributed by atoms with Gasteiger partial charge in [-0.2, -0.15) is 0 Å². The smallest absolute Gasteiger partial charge is 0.220 e. The highest BCUT2D eigenvalue weighted by molar-refractivity contribution is 5.76. The largest absolute Gasteiger partial charge is 0.399 e. The molecule has 0 radical (unpaired) electrons. The molecule has 3 nitrogen and oxygen atoms in total. The quantitative estimate of drug-likeness (QED) is 0.459. The lowest BCUT2D eigenvalue weighted by atomic mass is 10.1. The standard InChI is InChI=1S/C15H20N2O/c1-3-4-5-6-7-15(18)17-12(2)13-8-10-14(16)11-9-13/h1,8-12H,4-7,16H2,2H3,(H,17,18). The lowest BCUT2D eigenvalue weighted by molar-refractivity contribution is -0.121. The van der Waals surface area contributed by atoms with E-state index in [1.807, 2.05) is 31.2 Å². The summed E-state index contributed by atoms with van der Waals surface area (Å²) in [6, 6.07) is 7.54. The summed E-state index contributed by atoms with van der Waals surface area (Å²) in [4.78, 5) is 11.7. The number of nitrogen functional groups attached to an aromatic ring is 1. The lowest BCUT2D eigenvalue weighted by Gasteiger charge is -2.14. The van der Waals surface area contributed by atoms with Crippen molar-refractivity contribution < 1.29 is 4.79 Å². The second-order valence-electron chi connectivity index (χ2n) is 4.37. The van der Waals surface area contributed by atoms with Gasteiger partial charge in [0.1, 0.15) is 0 Å². The van der Waals surface area contributed by atoms with Crippen molar-refractivity contribution in [2.75, 3.05) is 5.73 Å². The molecular weight excluding hydrogens is 224 g/mol. The van der Waals surface area contributed by atoms with Crippen LogP contribution >= 0.6 is 0 Å². The number of unbranched alkanes of at least 4 members (excludes halogenated alkanes) is 2. The van der Waals surface area contributed by atoms with Gasteiger partial charge in [0.2, 0.25) is 5.91 Å². The molecule has 0 aliphatic carbocycles. The van der Waals surface area contributed by atoms with Crippen molar-refractivity contribution in [3.8, 4) is 12.3 Å². The Kier molecular flexibility index (Phi) is 5.79. The highest BCUT2D eigenvalue weighted by Gasteiger charge is 2.08. The zero-order valence-corrected chi connectivity index (χ0v) is 10.8. The van der Waals surface area contributed by atoms with Gasteiger partial charge >= 0.3 is 0 Å². The lowest BCUT2D eigenvalue weighted by Crippen LogP contribution is -2.26. The Balaban J connectivity index is 2.35. The summed E-state index contributed by atoms with van der Waals surface area (Å²) in [5.74, 6) is 2.64. The molecule has 3 N–H and O–H groups in total. The van der Waals surface area contributed by atoms with E-state index in [4.69, 9.17) is 12.2 Å². The predicted octanol–water partition coefficient (Wildman–Crippen LogP) is 2.64. The Hall–Kier alpha value is -1.95. The maximum absolute atomic E-state index is 11.7. The number of terminal acetylenes is 1. The van der Waals surface area contributed by atoms with Crippen LogP contribution in [0, 0.1) is 12.3 Å². The van der Waals surface area contributed by atoms with Crippen LogP contribution in [0.4, 0.5) is 5.69 Å². The molecular formula is C15H20N2O. The summed E-state index contributed by atoms with van der Waals surface area (Å²) >= 11 is 0. The third kappa shape index (κ3) is 4.92. The number of nitrogens with one attached hydrogen (secondary N) is 1. The monoisotopic (exact) mass is 244 g/mol. The number of amides is 1. The van der Waals surface area contributed by atoms with Crippen LogP contribution in [0.15, 0.2) is 24.3 Å². The molecule has 18 heavy (non-hydrogen) atoms. The van der Waals surface area contributed by atoms with Crippen LogP contribution in [0.2, 0.25) is 0 Å². The third-order valence-electron chi connectivity index (χ3n) is 2.79. The number of carbonyl (C=O) groups is 1. The highest BCUT2D eigenvalue weighted by atomic mass is 16.1. The minimum absolute atomic E-state index is 0.00531. The molecule has 1 aromatic rings. The average molecular weight is 244 g/mol. The van der Waals surface area contributed by atoms with Gasteiger partial charge in [-0.1, -0.05) is 12.1 Å². The minimum Gasteiger partial charge on any atom is -0.399 e. The van der Waals surface area contributed by atoms with Crippen molar-refractivity contribution in [1.29, 1.82) is 0 Å². The van der Waals surface area contributed by atoms with Gasteiger partial charge in [-0.25, -0.2) is 0 Å². The second-order valence-corrected chi connectivity index (χ2v) is 4.37. The molecule has 0 heterocycles. The fraction of sp³-hybridized carbons (Fsp3) is 0.400. The van der Waals surface area contributed by atoms with E-state index in [1.165, 1.54) is 0 Å². The number of carbonyl (C=O) groups excluding carboxylic acids is 1. The minimum atomic E-state index is 0.00531. The van der Waals surface area contributed by atoms with E-state index >= 15 is 0 Å². The first-order valence-electron chi connectivity index (χ1n) is 6.21. The Morgan fingerprint density at radius 1 is 1.39 bits per heavy atom. The van der Waals surface area contributed by atoms with Crippen LogP contribution in [0.25, 0.3) is 0 Å². The van der Waals surface area contributed by atoms with E-state index in [2.05, 4.69) is 11.2 Å². The van der Waals surface area contributed by atoms with Gasteiger partial charge in [0.15, 0.2) is 0 Å². The summed E-state index contributed by atoms with van der Waals surface area (Å²) in [7, 11) is 0. The van der Waals surface area contributed by atoms with Crippen LogP contribution < -0.4 is 11.1 Å². The fourth-order valence-corrected chi connectivity index (χ4v) is 1.69. The molecule has 1 aromatic carbocycles. The van der Waals surface area contributed by atoms with Gasteiger partial charge in [0.25, 0.3) is 0 Å². The first kappa shape index (κ1) is 14.1. The third-order valence-corrected chi connectivity index (χ3v) is 2.79. The molecule has 0 saturated heterocycles. The molecule has 0 bridgehead atoms. The van der Waals surface area contributed by atoms with Crippen LogP contribution in [-0.4, -0.2) is 5.91 Å². The van der Waals surface area contributed by atoms with E-state index in [-0.39, 0.29) is 11.9 Å². The van der Waals surface area contributed by atoms with Gasteiger partial charge < -0.3 is 11.1 Å². The van der Waals surface area contributed by atoms with Gasteiger partial charge in [-0.3, -0.25) is 4.79 Å². The second kappa shape index (κ2) is 7.39. The summed E-state index contributed by atoms with van der Waals surface area (Å²) in [5, 5.41) is 2.96. The molecule has 0 aliphatic heterocycles. The first-order chi connectivity index (χ1) is 8.63. The zero-order valence-electron chi connectivity index (χ0n) is 10.8. The van der Waals surface area contributed by atoms with E-state index < -0.39 is 0 Å². The Labute approximate surface area is 109 Å². The molecule has 1 unspecified atom stereocenters. The average Bonchev–Trinajstić information content (AvgIpc) is 2.35. The number of benzene rings is 1. The van der Waals surface area contributed by atoms with Crippen molar-refractivity contribution in [2.45, 2.75) is 38.6 Å². The molecule has 1 rings (SSSR count). The van der Waals surface area contributed by atoms with E-state index in [9.17, 15) is 4.79 Å². The normalized spacial score (nSPS) is 11.6. The number of anilines is 1. The topological polar surface area (TPSA) is 55.1 Å². The van der Waals surface area contributed by atoms with E-state index in [0.717, 1.165) is 30.5 Å². The predicted molar refractivity (Wildman–Crippen MR) is 74.7 cm³/mol. The highest BCUT2D eigenvalue weighted by Crippen LogP contribution is 2.14. The van der Waals surface area contributed by atoms with E-state index in [1.54, 1.807) is 0 Å². The molecule has 0 saturated carbocycles. The molecule has 1 amide bonds. The zero-order chi connectivity index (χ0) is 13.4. The molecule has 0 spiro atoms. The summed E-state index contributed by atoms with van der Waals surface area (Å²) < 4.78 is 0. The van der Waals surface area contributed by atoms with Crippen LogP contribution in [0.3, 0.4) is 0 Å². The summed E-state index contributed by atoms with van der Waals surface area (Å²) in [6.45, 7) is 1.96. The SMILES string of the molecule is C#CCCCCC(=O)NC(C)c1ccc(N)cc1. The first-order valence-corrected chi connectivity index (χ1v) is 6.21.